The third-order valence-electron chi connectivity index (χ3n) is 4.97. The van der Waals surface area contributed by atoms with Crippen molar-refractivity contribution in [1.29, 1.82) is 0 Å². The molecule has 0 aliphatic heterocycles. The quantitative estimate of drug-likeness (QED) is 0.657. The van der Waals surface area contributed by atoms with E-state index >= 15 is 0 Å². The SMILES string of the molecule is CCN(CC)C(=O)c1cccc(NC(=O)c2cc(S(=O)(=O)N(CC)CC)cn2C)c1. The number of hydrogen-bond donors (Lipinski definition) is 1. The van der Waals surface area contributed by atoms with Crippen LogP contribution in [0.3, 0.4) is 0 Å². The average molecular weight is 435 g/mol. The van der Waals surface area contributed by atoms with Gasteiger partial charge in [0.25, 0.3) is 11.8 Å². The molecule has 0 aliphatic carbocycles. The minimum atomic E-state index is -3.66. The number of carbonyl (C=O) groups is 2. The number of sulfonamides is 1. The van der Waals surface area contributed by atoms with Crippen LogP contribution in [0.15, 0.2) is 41.4 Å². The van der Waals surface area contributed by atoms with E-state index in [-0.39, 0.29) is 16.5 Å². The van der Waals surface area contributed by atoms with Crippen molar-refractivity contribution >= 4 is 27.5 Å². The molecule has 0 saturated heterocycles. The van der Waals surface area contributed by atoms with Crippen LogP contribution in [0, 0.1) is 0 Å². The fraction of sp³-hybridized carbons (Fsp3) is 0.429. The van der Waals surface area contributed by atoms with Crippen LogP contribution < -0.4 is 5.32 Å². The summed E-state index contributed by atoms with van der Waals surface area (Å²) in [6.45, 7) is 9.25. The van der Waals surface area contributed by atoms with Crippen LogP contribution in [0.1, 0.15) is 48.5 Å². The Balaban J connectivity index is 2.27. The number of anilines is 1. The third kappa shape index (κ3) is 4.91. The smallest absolute Gasteiger partial charge is 0.272 e. The van der Waals surface area contributed by atoms with Gasteiger partial charge in [-0.2, -0.15) is 4.31 Å². The van der Waals surface area contributed by atoms with Crippen molar-refractivity contribution in [2.24, 2.45) is 7.05 Å². The lowest BCUT2D eigenvalue weighted by Crippen LogP contribution is -2.30. The van der Waals surface area contributed by atoms with Crippen molar-refractivity contribution in [3.8, 4) is 0 Å². The summed E-state index contributed by atoms with van der Waals surface area (Å²) in [6, 6.07) is 8.08. The maximum Gasteiger partial charge on any atom is 0.272 e. The van der Waals surface area contributed by atoms with Gasteiger partial charge in [-0.1, -0.05) is 19.9 Å². The second-order valence-electron chi connectivity index (χ2n) is 6.77. The summed E-state index contributed by atoms with van der Waals surface area (Å²) in [5.41, 5.74) is 1.15. The first-order valence-corrected chi connectivity index (χ1v) is 11.5. The molecule has 0 bridgehead atoms. The predicted molar refractivity (Wildman–Crippen MR) is 117 cm³/mol. The molecule has 0 aliphatic rings. The molecular weight excluding hydrogens is 404 g/mol. The molecule has 164 valence electrons. The van der Waals surface area contributed by atoms with Crippen LogP contribution in [0.25, 0.3) is 0 Å². The van der Waals surface area contributed by atoms with E-state index in [0.717, 1.165) is 0 Å². The van der Waals surface area contributed by atoms with Gasteiger partial charge in [0.05, 0.1) is 0 Å². The van der Waals surface area contributed by atoms with Gasteiger partial charge in [0.2, 0.25) is 10.0 Å². The molecule has 2 aromatic rings. The molecule has 1 aromatic heterocycles. The predicted octanol–water partition coefficient (Wildman–Crippen LogP) is 2.79. The lowest BCUT2D eigenvalue weighted by atomic mass is 10.1. The molecule has 0 fully saturated rings. The van der Waals surface area contributed by atoms with Gasteiger partial charge < -0.3 is 14.8 Å². The van der Waals surface area contributed by atoms with E-state index in [9.17, 15) is 18.0 Å². The first kappa shape index (κ1) is 23.6. The highest BCUT2D eigenvalue weighted by Gasteiger charge is 2.25. The van der Waals surface area contributed by atoms with Crippen LogP contribution in [-0.4, -0.2) is 60.2 Å². The van der Waals surface area contributed by atoms with Crippen molar-refractivity contribution in [2.75, 3.05) is 31.5 Å². The molecular formula is C21H30N4O4S. The first-order chi connectivity index (χ1) is 14.2. The minimum absolute atomic E-state index is 0.0734. The second-order valence-corrected chi connectivity index (χ2v) is 8.71. The molecule has 2 rings (SSSR count). The lowest BCUT2D eigenvalue weighted by molar-refractivity contribution is 0.0772. The Morgan fingerprint density at radius 1 is 1.00 bits per heavy atom. The Labute approximate surface area is 178 Å². The van der Waals surface area contributed by atoms with Crippen LogP contribution in [0.4, 0.5) is 5.69 Å². The van der Waals surface area contributed by atoms with Gasteiger partial charge in [0.15, 0.2) is 0 Å². The molecule has 0 saturated carbocycles. The number of hydrogen-bond acceptors (Lipinski definition) is 4. The minimum Gasteiger partial charge on any atom is -0.345 e. The number of benzene rings is 1. The number of aromatic nitrogens is 1. The number of carbonyl (C=O) groups excluding carboxylic acids is 2. The maximum absolute atomic E-state index is 12.8. The lowest BCUT2D eigenvalue weighted by Gasteiger charge is -2.19. The Hall–Kier alpha value is -2.65. The van der Waals surface area contributed by atoms with E-state index in [2.05, 4.69) is 5.32 Å². The number of nitrogens with zero attached hydrogens (tertiary/aromatic N) is 3. The van der Waals surface area contributed by atoms with Crippen molar-refractivity contribution in [1.82, 2.24) is 13.8 Å². The Morgan fingerprint density at radius 2 is 1.63 bits per heavy atom. The second kappa shape index (κ2) is 9.90. The van der Waals surface area contributed by atoms with Gasteiger partial charge in [-0.05, 0) is 38.1 Å². The van der Waals surface area contributed by atoms with Crippen molar-refractivity contribution in [2.45, 2.75) is 32.6 Å². The topological polar surface area (TPSA) is 91.7 Å². The molecule has 1 aromatic carbocycles. The summed E-state index contributed by atoms with van der Waals surface area (Å²) in [5, 5.41) is 2.75. The van der Waals surface area contributed by atoms with Gasteiger partial charge in [-0.3, -0.25) is 9.59 Å². The van der Waals surface area contributed by atoms with Crippen LogP contribution in [0.2, 0.25) is 0 Å². The Morgan fingerprint density at radius 3 is 2.20 bits per heavy atom. The molecule has 1 heterocycles. The monoisotopic (exact) mass is 434 g/mol. The fourth-order valence-corrected chi connectivity index (χ4v) is 4.76. The number of rotatable bonds is 9. The number of amides is 2. The zero-order valence-corrected chi connectivity index (χ0v) is 19.0. The van der Waals surface area contributed by atoms with Crippen LogP contribution >= 0.6 is 0 Å². The average Bonchev–Trinajstić information content (AvgIpc) is 3.12. The van der Waals surface area contributed by atoms with E-state index in [1.807, 2.05) is 13.8 Å². The van der Waals surface area contributed by atoms with E-state index in [4.69, 9.17) is 0 Å². The molecule has 0 unspecified atom stereocenters. The summed E-state index contributed by atoms with van der Waals surface area (Å²) in [6.07, 6.45) is 1.43. The highest BCUT2D eigenvalue weighted by Crippen LogP contribution is 2.20. The molecule has 1 N–H and O–H groups in total. The van der Waals surface area contributed by atoms with E-state index in [1.54, 1.807) is 50.1 Å². The summed E-state index contributed by atoms with van der Waals surface area (Å²) in [5.74, 6) is -0.562. The van der Waals surface area contributed by atoms with Gasteiger partial charge in [-0.25, -0.2) is 8.42 Å². The summed E-state index contributed by atoms with van der Waals surface area (Å²) < 4.78 is 28.3. The molecule has 30 heavy (non-hydrogen) atoms. The number of aryl methyl sites for hydroxylation is 1. The molecule has 8 nitrogen and oxygen atoms in total. The fourth-order valence-electron chi connectivity index (χ4n) is 3.23. The van der Waals surface area contributed by atoms with Gasteiger partial charge in [-0.15, -0.1) is 0 Å². The van der Waals surface area contributed by atoms with E-state index < -0.39 is 15.9 Å². The molecule has 0 atom stereocenters. The van der Waals surface area contributed by atoms with Gasteiger partial charge >= 0.3 is 0 Å². The first-order valence-electron chi connectivity index (χ1n) is 10.1. The largest absolute Gasteiger partial charge is 0.345 e. The van der Waals surface area contributed by atoms with Gasteiger partial charge in [0.1, 0.15) is 10.6 Å². The zero-order chi connectivity index (χ0) is 22.5. The van der Waals surface area contributed by atoms with Crippen LogP contribution in [-0.2, 0) is 17.1 Å². The highest BCUT2D eigenvalue weighted by molar-refractivity contribution is 7.89. The molecule has 2 amide bonds. The summed E-state index contributed by atoms with van der Waals surface area (Å²) >= 11 is 0. The van der Waals surface area contributed by atoms with E-state index in [0.29, 0.717) is 37.4 Å². The van der Waals surface area contributed by atoms with Crippen molar-refractivity contribution in [3.63, 3.8) is 0 Å². The molecule has 0 radical (unpaired) electrons. The van der Waals surface area contributed by atoms with Crippen molar-refractivity contribution < 1.29 is 18.0 Å². The molecule has 9 heteroatoms. The normalized spacial score (nSPS) is 11.5. The Kier molecular flexibility index (Phi) is 7.80. The standard InChI is InChI=1S/C21H30N4O4S/c1-6-24(7-2)21(27)16-11-10-12-17(13-16)22-20(26)19-14-18(15-23(19)5)30(28,29)25(8-3)9-4/h10-15H,6-9H2,1-5H3,(H,22,26). The molecule has 0 spiro atoms. The zero-order valence-electron chi connectivity index (χ0n) is 18.2. The van der Waals surface area contributed by atoms with E-state index in [1.165, 1.54) is 21.1 Å². The maximum atomic E-state index is 12.8. The highest BCUT2D eigenvalue weighted by atomic mass is 32.2. The van der Waals surface area contributed by atoms with Crippen LogP contribution in [0.5, 0.6) is 0 Å². The van der Waals surface area contributed by atoms with Gasteiger partial charge in [0, 0.05) is 50.7 Å². The Bertz CT molecular complexity index is 1010. The summed E-state index contributed by atoms with van der Waals surface area (Å²) in [4.78, 5) is 27.1. The van der Waals surface area contributed by atoms with Crippen molar-refractivity contribution in [3.05, 3.63) is 47.8 Å². The summed E-state index contributed by atoms with van der Waals surface area (Å²) in [7, 11) is -2.04. The number of nitrogens with one attached hydrogen (secondary N) is 1. The third-order valence-corrected chi connectivity index (χ3v) is 6.99.